The lowest BCUT2D eigenvalue weighted by Crippen LogP contribution is -2.47. The van der Waals surface area contributed by atoms with Crippen molar-refractivity contribution in [2.45, 2.75) is 166 Å². The highest BCUT2D eigenvalue weighted by molar-refractivity contribution is 6.32. The Balaban J connectivity index is 0.000000136. The minimum Gasteiger partial charge on any atom is -0.468 e. The molecule has 0 bridgehead atoms. The Morgan fingerprint density at radius 2 is 0.627 bits per heavy atom. The Morgan fingerprint density at radius 3 is 0.913 bits per heavy atom. The van der Waals surface area contributed by atoms with Crippen LogP contribution in [0.4, 0.5) is 42.9 Å². The highest BCUT2D eigenvalue weighted by Gasteiger charge is 2.32. The van der Waals surface area contributed by atoms with Gasteiger partial charge in [0, 0.05) is 241 Å². The first-order chi connectivity index (χ1) is 73.4. The number of hydrogen-bond donors (Lipinski definition) is 4. The summed E-state index contributed by atoms with van der Waals surface area (Å²) >= 11 is 24.5. The van der Waals surface area contributed by atoms with Crippen molar-refractivity contribution in [3.05, 3.63) is 377 Å². The van der Waals surface area contributed by atoms with Crippen molar-refractivity contribution in [2.24, 2.45) is 0 Å². The van der Waals surface area contributed by atoms with Gasteiger partial charge >= 0.3 is 0 Å². The fourth-order valence-corrected chi connectivity index (χ4v) is 21.8. The summed E-state index contributed by atoms with van der Waals surface area (Å²) in [6, 6.07) is 72.8. The van der Waals surface area contributed by atoms with E-state index in [1.807, 2.05) is 195 Å². The van der Waals surface area contributed by atoms with E-state index in [-0.39, 0.29) is 32.9 Å². The second-order valence-corrected chi connectivity index (χ2v) is 41.4. The van der Waals surface area contributed by atoms with Gasteiger partial charge in [0.05, 0.1) is 50.8 Å². The summed E-state index contributed by atoms with van der Waals surface area (Å²) in [4.78, 5) is 67.8. The summed E-state index contributed by atoms with van der Waals surface area (Å²) in [6.07, 6.45) is 32.6. The zero-order chi connectivity index (χ0) is 104. The number of fused-ring (bicyclic) bond motifs is 4. The van der Waals surface area contributed by atoms with Gasteiger partial charge in [-0.15, -0.1) is 0 Å². The highest BCUT2D eigenvalue weighted by Crippen LogP contribution is 2.34. The molecule has 15 aromatic rings. The fraction of sp³-hybridized carbons (Fsp3) is 0.373. The number of halogens is 6. The van der Waals surface area contributed by atoms with Crippen LogP contribution in [0.15, 0.2) is 291 Å². The summed E-state index contributed by atoms with van der Waals surface area (Å²) in [7, 11) is 0. The van der Waals surface area contributed by atoms with Crippen LogP contribution in [0.25, 0.3) is 43.6 Å². The first-order valence-corrected chi connectivity index (χ1v) is 54.2. The van der Waals surface area contributed by atoms with Crippen molar-refractivity contribution in [1.29, 1.82) is 0 Å². The van der Waals surface area contributed by atoms with Crippen LogP contribution in [0.2, 0.25) is 20.1 Å². The third-order valence-corrected chi connectivity index (χ3v) is 30.3. The lowest BCUT2D eigenvalue weighted by Gasteiger charge is -2.39. The molecule has 150 heavy (non-hydrogen) atoms. The molecule has 32 heteroatoms. The topological polar surface area (TPSA) is 260 Å². The Morgan fingerprint density at radius 1 is 0.340 bits per heavy atom. The molecule has 1 unspecified atom stereocenters. The molecule has 5 aliphatic rings. The number of nitro benzene ring substituents is 2. The molecular formula is C118H134Cl4F2N20O6. The molecule has 7 aromatic heterocycles. The molecule has 8 aromatic carbocycles. The van der Waals surface area contributed by atoms with Gasteiger partial charge in [-0.05, 0) is 360 Å². The molecule has 26 nitrogen and oxygen atoms in total. The molecule has 5 fully saturated rings. The molecule has 0 spiro atoms. The number of piperidine rings is 4. The van der Waals surface area contributed by atoms with E-state index in [9.17, 15) is 29.0 Å². The summed E-state index contributed by atoms with van der Waals surface area (Å²) in [5, 5.41) is 43.7. The Bertz CT molecular complexity index is 6610. The monoisotopic (exact) mass is 2100 g/mol. The number of nitrogens with one attached hydrogen (secondary N) is 4. The summed E-state index contributed by atoms with van der Waals surface area (Å²) < 4.78 is 38.5. The van der Waals surface area contributed by atoms with Crippen LogP contribution in [0.5, 0.6) is 0 Å². The molecular weight excluding hydrogens is 1970 g/mol. The average Bonchev–Trinajstić information content (AvgIpc) is 0.895. The molecule has 20 rings (SSSR count). The molecule has 0 amide bonds. The van der Waals surface area contributed by atoms with Gasteiger partial charge in [0.1, 0.15) is 17.4 Å². The maximum atomic E-state index is 13.4. The van der Waals surface area contributed by atoms with Gasteiger partial charge in [-0.25, -0.2) is 8.78 Å². The van der Waals surface area contributed by atoms with Crippen LogP contribution in [0.3, 0.4) is 0 Å². The number of benzene rings is 8. The van der Waals surface area contributed by atoms with Gasteiger partial charge in [-0.3, -0.25) is 69.7 Å². The molecule has 0 saturated carbocycles. The van der Waals surface area contributed by atoms with Crippen molar-refractivity contribution in [2.75, 3.05) is 139 Å². The zero-order valence-corrected chi connectivity index (χ0v) is 88.0. The van der Waals surface area contributed by atoms with Crippen molar-refractivity contribution < 1.29 is 27.8 Å². The molecule has 1 atom stereocenters. The largest absolute Gasteiger partial charge is 0.468 e. The number of likely N-dealkylation sites (tertiary alicyclic amines) is 4. The molecule has 12 heterocycles. The average molecular weight is 2110 g/mol. The van der Waals surface area contributed by atoms with Crippen LogP contribution in [-0.4, -0.2) is 227 Å². The predicted molar refractivity (Wildman–Crippen MR) is 601 cm³/mol. The van der Waals surface area contributed by atoms with Crippen molar-refractivity contribution >= 4 is 124 Å². The lowest BCUT2D eigenvalue weighted by atomic mass is 10.0. The van der Waals surface area contributed by atoms with E-state index in [2.05, 4.69) is 121 Å². The zero-order valence-electron chi connectivity index (χ0n) is 85.0. The molecule has 5 aliphatic heterocycles. The first kappa shape index (κ1) is 109. The highest BCUT2D eigenvalue weighted by atomic mass is 35.5. The second kappa shape index (κ2) is 56.1. The van der Waals surface area contributed by atoms with Crippen molar-refractivity contribution in [1.82, 2.24) is 69.1 Å². The third kappa shape index (κ3) is 32.8. The van der Waals surface area contributed by atoms with Gasteiger partial charge in [0.15, 0.2) is 0 Å². The number of hydrogen-bond acceptors (Lipinski definition) is 24. The van der Waals surface area contributed by atoms with Gasteiger partial charge in [-0.1, -0.05) is 94.9 Å². The molecule has 0 aliphatic carbocycles. The third-order valence-electron chi connectivity index (χ3n) is 29.3. The number of furan rings is 1. The van der Waals surface area contributed by atoms with Gasteiger partial charge in [0.2, 0.25) is 0 Å². The maximum absolute atomic E-state index is 13.4. The van der Waals surface area contributed by atoms with E-state index in [1.54, 1.807) is 36.7 Å². The number of anilines is 4. The summed E-state index contributed by atoms with van der Waals surface area (Å²) in [5.74, 6) is 0.588. The van der Waals surface area contributed by atoms with Crippen LogP contribution < -0.4 is 21.3 Å². The molecule has 0 radical (unpaired) electrons. The number of aromatic nitrogens is 6. The number of rotatable bonds is 42. The van der Waals surface area contributed by atoms with Crippen LogP contribution in [-0.2, 0) is 50.6 Å². The van der Waals surface area contributed by atoms with Gasteiger partial charge in [0.25, 0.3) is 11.4 Å². The SMILES string of the molecule is Clc1ccc2c(NCCCN3CCC(N(Cc4ccncc4)CC4CCCO4)CC3)ccnc2c1.Clc1ccc2c(NCCCN3CCC(N(Cc4ccncc4)Cc4ccco4)CC3)ccnc2c1.Fc1ccc(CN(Cc2ccc(F)cc2)C2CCN(CCCNc3ccnc4cc(Cl)ccc34)CC2)cc1.O=[N+]([O-])c1ccc(CN(Cc2ccc([N+](=O)[O-])cc2)C2CCN(CCCNc3ccnc4cc(Cl)ccc34)CC2)cc1. The number of nitrogens with zero attached hydrogens (tertiary/aromatic N) is 16. The molecule has 784 valence electrons. The van der Waals surface area contributed by atoms with E-state index in [0.29, 0.717) is 58.4 Å². The lowest BCUT2D eigenvalue weighted by molar-refractivity contribution is -0.385. The number of ether oxygens (including phenoxy) is 1. The first-order valence-electron chi connectivity index (χ1n) is 52.7. The van der Waals surface area contributed by atoms with Crippen LogP contribution in [0.1, 0.15) is 129 Å². The smallest absolute Gasteiger partial charge is 0.269 e. The Labute approximate surface area is 897 Å². The Kier molecular flexibility index (Phi) is 40.7. The fourth-order valence-electron chi connectivity index (χ4n) is 21.2. The second-order valence-electron chi connectivity index (χ2n) is 39.7. The summed E-state index contributed by atoms with van der Waals surface area (Å²) in [5.41, 5.74) is 15.0. The number of pyridine rings is 6. The van der Waals surface area contributed by atoms with E-state index in [0.717, 1.165) is 288 Å². The number of nitro groups is 2. The van der Waals surface area contributed by atoms with Crippen LogP contribution >= 0.6 is 46.4 Å². The normalized spacial score (nSPS) is 15.9. The van der Waals surface area contributed by atoms with Crippen molar-refractivity contribution in [3.63, 3.8) is 0 Å². The van der Waals surface area contributed by atoms with E-state index in [4.69, 9.17) is 55.6 Å². The molecule has 5 saturated heterocycles. The maximum Gasteiger partial charge on any atom is 0.269 e. The number of non-ortho nitro benzene ring substituents is 2. The predicted octanol–water partition coefficient (Wildman–Crippen LogP) is 24.9. The Hall–Kier alpha value is -12.4. The van der Waals surface area contributed by atoms with E-state index >= 15 is 0 Å². The van der Waals surface area contributed by atoms with Gasteiger partial charge in [-0.2, -0.15) is 0 Å². The minimum atomic E-state index is -0.390. The van der Waals surface area contributed by atoms with Crippen molar-refractivity contribution in [3.8, 4) is 0 Å². The quantitative estimate of drug-likeness (QED) is 0.0157. The van der Waals surface area contributed by atoms with E-state index in [1.165, 1.54) is 87.0 Å². The minimum absolute atomic E-state index is 0.0741. The van der Waals surface area contributed by atoms with Gasteiger partial charge < -0.3 is 50.0 Å². The van der Waals surface area contributed by atoms with E-state index < -0.39 is 0 Å². The summed E-state index contributed by atoms with van der Waals surface area (Å²) in [6.45, 7) is 24.1. The standard InChI is InChI=1S/C31H33ClF2N4.C31H33ClN6O4.C28H36ClN5O.C28H32ClN5O/c32-25-6-11-29-30(12-16-36-31(29)20-25)35-15-1-17-37-18-13-28(14-19-37)38(21-23-2-7-26(33)8-3-23)22-24-4-9-27(34)10-5-24;32-25-6-11-29-30(12-16-34-31(29)20-25)33-15-1-17-35-18-13-26(14-19-35)36(21-23-2-7-27(8-3-23)37(39)40)22-24-4-9-28(10-5-24)38(41)42;2*29-23-4-5-26-27(8-14-32-28(26)19-23)31-11-2-15-33-16-9-24(10-17-33)34(21-25-3-1-18-35-25)20-22-6-12-30-13-7-22/h2-12,16,20,28H,1,13-15,17-19,21-22H2,(H,35,36);2-12,16,20,26H,1,13-15,17-19,21-22H2,(H,33,34);4-8,12-14,19,24-25H,1-3,9-11,15-18,20-21H2,(H,31,32);1,3-8,12-14,18-19,24H,2,9-11,15-17,20-21H2,(H,31,32). The van der Waals surface area contributed by atoms with Crippen LogP contribution in [0, 0.1) is 31.9 Å². The molecule has 4 N–H and O–H groups in total.